The van der Waals surface area contributed by atoms with Gasteiger partial charge in [-0.1, -0.05) is 12.1 Å². The van der Waals surface area contributed by atoms with Crippen molar-refractivity contribution in [3.63, 3.8) is 0 Å². The van der Waals surface area contributed by atoms with Crippen LogP contribution in [0.4, 0.5) is 0 Å². The van der Waals surface area contributed by atoms with Gasteiger partial charge in [-0.2, -0.15) is 0 Å². The molecule has 3 aromatic carbocycles. The highest BCUT2D eigenvalue weighted by atomic mass is 16.1. The Morgan fingerprint density at radius 3 is 1.83 bits per heavy atom. The summed E-state index contributed by atoms with van der Waals surface area (Å²) in [6.45, 7) is 13.5. The van der Waals surface area contributed by atoms with Crippen LogP contribution in [0, 0.1) is 59.3 Å². The topological polar surface area (TPSA) is 17.1 Å². The Morgan fingerprint density at radius 1 is 0.690 bits per heavy atom. The summed E-state index contributed by atoms with van der Waals surface area (Å²) in [5.74, 6) is 2.51. The van der Waals surface area contributed by atoms with E-state index in [2.05, 4.69) is 53.7 Å². The van der Waals surface area contributed by atoms with Crippen molar-refractivity contribution in [1.29, 1.82) is 0 Å². The van der Waals surface area contributed by atoms with Crippen molar-refractivity contribution >= 4 is 27.3 Å². The largest absolute Gasteiger partial charge is 0.294 e. The van der Waals surface area contributed by atoms with Gasteiger partial charge in [0.15, 0.2) is 5.78 Å². The van der Waals surface area contributed by atoms with Gasteiger partial charge in [-0.3, -0.25) is 4.79 Å². The highest BCUT2D eigenvalue weighted by molar-refractivity contribution is 6.24. The number of benzene rings is 3. The van der Waals surface area contributed by atoms with Crippen molar-refractivity contribution in [2.24, 2.45) is 17.8 Å². The maximum atomic E-state index is 13.9. The van der Waals surface area contributed by atoms with Crippen molar-refractivity contribution in [3.05, 3.63) is 56.6 Å². The highest BCUT2D eigenvalue weighted by Crippen LogP contribution is 2.63. The number of aryl methyl sites for hydroxylation is 4. The molecule has 0 radical (unpaired) electrons. The van der Waals surface area contributed by atoms with Crippen LogP contribution in [-0.2, 0) is 0 Å². The van der Waals surface area contributed by atoms with Gasteiger partial charge >= 0.3 is 0 Å². The summed E-state index contributed by atoms with van der Waals surface area (Å²) in [4.78, 5) is 13.9. The van der Waals surface area contributed by atoms with Gasteiger partial charge in [0.25, 0.3) is 0 Å². The predicted octanol–water partition coefficient (Wildman–Crippen LogP) is 7.17. The maximum Gasteiger partial charge on any atom is 0.167 e. The van der Waals surface area contributed by atoms with E-state index in [4.69, 9.17) is 0 Å². The first-order valence-corrected chi connectivity index (χ1v) is 11.3. The van der Waals surface area contributed by atoms with Crippen LogP contribution < -0.4 is 0 Å². The summed E-state index contributed by atoms with van der Waals surface area (Å²) in [5, 5.41) is 5.37. The van der Waals surface area contributed by atoms with Crippen LogP contribution in [0.3, 0.4) is 0 Å². The van der Waals surface area contributed by atoms with E-state index < -0.39 is 0 Å². The van der Waals surface area contributed by atoms with Crippen LogP contribution in [0.25, 0.3) is 21.5 Å². The molecule has 1 nitrogen and oxygen atoms in total. The second-order valence-electron chi connectivity index (χ2n) is 10.3. The molecule has 29 heavy (non-hydrogen) atoms. The van der Waals surface area contributed by atoms with E-state index in [-0.39, 0.29) is 5.92 Å². The molecule has 2 fully saturated rings. The normalized spacial score (nSPS) is 27.3. The molecule has 3 aliphatic rings. The first kappa shape index (κ1) is 17.7. The maximum absolute atomic E-state index is 13.9. The molecule has 0 aliphatic heterocycles. The number of ketones is 1. The second kappa shape index (κ2) is 5.50. The minimum absolute atomic E-state index is 0.251. The van der Waals surface area contributed by atoms with E-state index in [1.54, 1.807) is 0 Å². The van der Waals surface area contributed by atoms with Gasteiger partial charge in [0, 0.05) is 11.5 Å². The molecule has 0 heterocycles. The molecule has 0 N–H and O–H groups in total. The van der Waals surface area contributed by atoms with Crippen LogP contribution in [0.5, 0.6) is 0 Å². The summed E-state index contributed by atoms with van der Waals surface area (Å²) >= 11 is 0. The standard InChI is InChI=1S/C28H30O/c1-12-9-20-22(16(5)14(12)3)23-17(6)15(4)13(2)10-21(23)27-26(20)24-18-7-8-19(11-18)25(24)28(27)29/h9-10,18-19,24-25H,7-8,11H2,1-6H3/t18-,19+,24+,25-/m0/s1. The van der Waals surface area contributed by atoms with Crippen LogP contribution >= 0.6 is 0 Å². The Hall–Kier alpha value is -2.15. The van der Waals surface area contributed by atoms with Gasteiger partial charge < -0.3 is 0 Å². The molecule has 0 amide bonds. The van der Waals surface area contributed by atoms with E-state index in [9.17, 15) is 4.79 Å². The zero-order chi connectivity index (χ0) is 20.4. The molecule has 6 rings (SSSR count). The fourth-order valence-corrected chi connectivity index (χ4v) is 7.36. The predicted molar refractivity (Wildman–Crippen MR) is 121 cm³/mol. The monoisotopic (exact) mass is 382 g/mol. The highest BCUT2D eigenvalue weighted by Gasteiger charge is 2.56. The van der Waals surface area contributed by atoms with Crippen molar-refractivity contribution in [3.8, 4) is 0 Å². The third-order valence-corrected chi connectivity index (χ3v) is 9.20. The molecule has 0 unspecified atom stereocenters. The first-order chi connectivity index (χ1) is 13.8. The van der Waals surface area contributed by atoms with Crippen molar-refractivity contribution in [2.75, 3.05) is 0 Å². The third kappa shape index (κ3) is 1.95. The quantitative estimate of drug-likeness (QED) is 0.377. The lowest BCUT2D eigenvalue weighted by atomic mass is 9.77. The molecular formula is C28H30O. The SMILES string of the molecule is Cc1cc2c3c(c4cc(C)c(C)c(C)c4c2c(C)c1C)[C@@H]1[C@H]2CC[C@H](C2)[C@@H]1C3=O. The van der Waals surface area contributed by atoms with Gasteiger partial charge in [0.1, 0.15) is 0 Å². The lowest BCUT2D eigenvalue weighted by Crippen LogP contribution is -2.20. The summed E-state index contributed by atoms with van der Waals surface area (Å²) < 4.78 is 0. The summed E-state index contributed by atoms with van der Waals surface area (Å²) in [6, 6.07) is 4.73. The number of rotatable bonds is 0. The van der Waals surface area contributed by atoms with Crippen molar-refractivity contribution in [1.82, 2.24) is 0 Å². The molecule has 148 valence electrons. The minimum Gasteiger partial charge on any atom is -0.294 e. The first-order valence-electron chi connectivity index (χ1n) is 11.3. The number of carbonyl (C=O) groups is 1. The molecule has 0 aromatic heterocycles. The summed E-state index contributed by atoms with van der Waals surface area (Å²) in [5.41, 5.74) is 10.7. The molecule has 4 atom stereocenters. The van der Waals surface area contributed by atoms with E-state index in [1.165, 1.54) is 79.8 Å². The van der Waals surface area contributed by atoms with Crippen LogP contribution in [-0.4, -0.2) is 5.78 Å². The molecule has 0 spiro atoms. The average molecular weight is 383 g/mol. The lowest BCUT2D eigenvalue weighted by molar-refractivity contribution is 0.0884. The summed E-state index contributed by atoms with van der Waals surface area (Å²) in [6.07, 6.45) is 3.85. The van der Waals surface area contributed by atoms with E-state index in [0.29, 0.717) is 23.5 Å². The molecule has 1 heteroatoms. The second-order valence-corrected chi connectivity index (χ2v) is 10.3. The molecule has 3 aromatic rings. The van der Waals surface area contributed by atoms with Crippen molar-refractivity contribution < 1.29 is 4.79 Å². The molecule has 2 saturated carbocycles. The van der Waals surface area contributed by atoms with Crippen LogP contribution in [0.2, 0.25) is 0 Å². The van der Waals surface area contributed by atoms with Crippen LogP contribution in [0.1, 0.15) is 74.5 Å². The minimum atomic E-state index is 0.251. The Morgan fingerprint density at radius 2 is 1.21 bits per heavy atom. The average Bonchev–Trinajstić information content (AvgIpc) is 3.37. The van der Waals surface area contributed by atoms with Gasteiger partial charge in [-0.15, -0.1) is 0 Å². The number of carbonyl (C=O) groups excluding carboxylic acids is 1. The van der Waals surface area contributed by atoms with Gasteiger partial charge in [-0.25, -0.2) is 0 Å². The Bertz CT molecular complexity index is 1280. The molecule has 2 bridgehead atoms. The Kier molecular flexibility index (Phi) is 3.36. The number of hydrogen-bond donors (Lipinski definition) is 0. The zero-order valence-corrected chi connectivity index (χ0v) is 18.5. The molecule has 0 saturated heterocycles. The van der Waals surface area contributed by atoms with Gasteiger partial charge in [0.05, 0.1) is 0 Å². The number of Topliss-reactive ketones (excluding diaryl/α,β-unsaturated/α-hetero) is 1. The van der Waals surface area contributed by atoms with Crippen LogP contribution in [0.15, 0.2) is 12.1 Å². The van der Waals surface area contributed by atoms with E-state index in [0.717, 1.165) is 5.56 Å². The number of fused-ring (bicyclic) bond motifs is 12. The molecule has 3 aliphatic carbocycles. The zero-order valence-electron chi connectivity index (χ0n) is 18.5. The van der Waals surface area contributed by atoms with E-state index in [1.807, 2.05) is 0 Å². The number of hydrogen-bond acceptors (Lipinski definition) is 1. The van der Waals surface area contributed by atoms with Gasteiger partial charge in [-0.05, 0) is 139 Å². The summed E-state index contributed by atoms with van der Waals surface area (Å²) in [7, 11) is 0. The smallest absolute Gasteiger partial charge is 0.167 e. The fourth-order valence-electron chi connectivity index (χ4n) is 7.36. The van der Waals surface area contributed by atoms with Gasteiger partial charge in [0.2, 0.25) is 0 Å². The Balaban J connectivity index is 1.89. The Labute approximate surface area is 173 Å². The fraction of sp³-hybridized carbons (Fsp3) is 0.464. The lowest BCUT2D eigenvalue weighted by Gasteiger charge is -2.26. The molecular weight excluding hydrogens is 352 g/mol. The third-order valence-electron chi connectivity index (χ3n) is 9.20. The van der Waals surface area contributed by atoms with Crippen molar-refractivity contribution in [2.45, 2.75) is 66.7 Å². The van der Waals surface area contributed by atoms with E-state index >= 15 is 0 Å².